The van der Waals surface area contributed by atoms with Crippen molar-refractivity contribution in [1.82, 2.24) is 10.3 Å². The molecular weight excluding hydrogens is 337 g/mol. The highest BCUT2D eigenvalue weighted by Crippen LogP contribution is 2.38. The molecule has 134 valence electrons. The number of ether oxygens (including phenoxy) is 1. The number of hydrogen-bond donors (Lipinski definition) is 2. The van der Waals surface area contributed by atoms with Gasteiger partial charge in [-0.3, -0.25) is 9.59 Å². The van der Waals surface area contributed by atoms with Gasteiger partial charge in [-0.25, -0.2) is 13.2 Å². The van der Waals surface area contributed by atoms with E-state index in [-0.39, 0.29) is 36.6 Å². The minimum atomic E-state index is -2.99. The lowest BCUT2D eigenvalue weighted by molar-refractivity contribution is -0.129. The van der Waals surface area contributed by atoms with Crippen LogP contribution in [-0.4, -0.2) is 36.8 Å². The van der Waals surface area contributed by atoms with Crippen LogP contribution in [-0.2, 0) is 17.6 Å². The number of fused-ring (bicyclic) bond motifs is 3. The van der Waals surface area contributed by atoms with E-state index < -0.39 is 18.0 Å². The lowest BCUT2D eigenvalue weighted by Crippen LogP contribution is -2.20. The number of alkyl halides is 2. The standard InChI is InChI=1S/C17H17F3N2O3/c1-21-17(24)14-8(3-2-4-12(23)16(19)20)13-9-5-6-25-15(9)10(18)7-11(13)22-14/h7,16,22H,2-6H2,1H3,(H,21,24). The lowest BCUT2D eigenvalue weighted by Gasteiger charge is -2.07. The number of ketones is 1. The molecule has 0 radical (unpaired) electrons. The van der Waals surface area contributed by atoms with Crippen molar-refractivity contribution in [3.63, 3.8) is 0 Å². The van der Waals surface area contributed by atoms with Crippen LogP contribution in [0.1, 0.15) is 34.5 Å². The predicted octanol–water partition coefficient (Wildman–Crippen LogP) is 2.76. The molecule has 1 aliphatic rings. The zero-order chi connectivity index (χ0) is 18.1. The molecule has 2 N–H and O–H groups in total. The molecule has 1 aromatic carbocycles. The summed E-state index contributed by atoms with van der Waals surface area (Å²) in [5, 5.41) is 3.18. The number of Topliss-reactive ketones (excluding diaryl/α,β-unsaturated/α-hetero) is 1. The Balaban J connectivity index is 2.03. The molecule has 2 heterocycles. The summed E-state index contributed by atoms with van der Waals surface area (Å²) in [6.45, 7) is 0.342. The molecule has 1 aliphatic heterocycles. The number of amides is 1. The lowest BCUT2D eigenvalue weighted by atomic mass is 9.98. The molecule has 0 fully saturated rings. The summed E-state index contributed by atoms with van der Waals surface area (Å²) in [6.07, 6.45) is -2.35. The number of aromatic amines is 1. The molecule has 1 amide bonds. The molecular formula is C17H17F3N2O3. The van der Waals surface area contributed by atoms with Gasteiger partial charge < -0.3 is 15.0 Å². The van der Waals surface area contributed by atoms with E-state index in [0.717, 1.165) is 0 Å². The fourth-order valence-electron chi connectivity index (χ4n) is 3.23. The van der Waals surface area contributed by atoms with Crippen molar-refractivity contribution in [2.45, 2.75) is 32.1 Å². The van der Waals surface area contributed by atoms with Crippen molar-refractivity contribution in [2.24, 2.45) is 0 Å². The van der Waals surface area contributed by atoms with E-state index in [1.165, 1.54) is 13.1 Å². The van der Waals surface area contributed by atoms with Crippen molar-refractivity contribution < 1.29 is 27.5 Å². The first kappa shape index (κ1) is 17.3. The Morgan fingerprint density at radius 2 is 2.16 bits per heavy atom. The van der Waals surface area contributed by atoms with Crippen LogP contribution in [0.4, 0.5) is 13.2 Å². The van der Waals surface area contributed by atoms with Crippen LogP contribution in [0.2, 0.25) is 0 Å². The third-order valence-electron chi connectivity index (χ3n) is 4.34. The maximum absolute atomic E-state index is 14.1. The molecule has 5 nitrogen and oxygen atoms in total. The number of hydrogen-bond acceptors (Lipinski definition) is 3. The summed E-state index contributed by atoms with van der Waals surface area (Å²) in [5.41, 5.74) is 1.96. The Hall–Kier alpha value is -2.51. The molecule has 8 heteroatoms. The summed E-state index contributed by atoms with van der Waals surface area (Å²) in [6, 6.07) is 1.26. The van der Waals surface area contributed by atoms with E-state index in [0.29, 0.717) is 35.1 Å². The van der Waals surface area contributed by atoms with Crippen LogP contribution in [0.15, 0.2) is 6.07 Å². The number of rotatable bonds is 6. The summed E-state index contributed by atoms with van der Waals surface area (Å²) >= 11 is 0. The quantitative estimate of drug-likeness (QED) is 0.838. The number of carbonyl (C=O) groups excluding carboxylic acids is 2. The smallest absolute Gasteiger partial charge is 0.295 e. The zero-order valence-electron chi connectivity index (χ0n) is 13.5. The highest BCUT2D eigenvalue weighted by Gasteiger charge is 2.27. The molecule has 1 aromatic heterocycles. The molecule has 0 saturated heterocycles. The van der Waals surface area contributed by atoms with E-state index in [1.54, 1.807) is 0 Å². The van der Waals surface area contributed by atoms with Crippen molar-refractivity contribution >= 4 is 22.6 Å². The minimum Gasteiger partial charge on any atom is -0.490 e. The Labute approximate surface area is 141 Å². The third kappa shape index (κ3) is 3.08. The largest absolute Gasteiger partial charge is 0.490 e. The normalized spacial score (nSPS) is 13.2. The molecule has 0 aliphatic carbocycles. The maximum Gasteiger partial charge on any atom is 0.295 e. The molecule has 0 bridgehead atoms. The first-order valence-electron chi connectivity index (χ1n) is 7.95. The molecule has 0 unspecified atom stereocenters. The number of H-pyrrole nitrogens is 1. The molecule has 2 aromatic rings. The highest BCUT2D eigenvalue weighted by molar-refractivity contribution is 6.02. The molecule has 3 rings (SSSR count). The van der Waals surface area contributed by atoms with Gasteiger partial charge in [-0.1, -0.05) is 0 Å². The van der Waals surface area contributed by atoms with E-state index in [2.05, 4.69) is 10.3 Å². The van der Waals surface area contributed by atoms with Gasteiger partial charge >= 0.3 is 0 Å². The zero-order valence-corrected chi connectivity index (χ0v) is 13.5. The van der Waals surface area contributed by atoms with Crippen LogP contribution in [0.3, 0.4) is 0 Å². The summed E-state index contributed by atoms with van der Waals surface area (Å²) in [7, 11) is 1.46. The van der Waals surface area contributed by atoms with E-state index in [1.807, 2.05) is 0 Å². The summed E-state index contributed by atoms with van der Waals surface area (Å²) in [4.78, 5) is 26.2. The van der Waals surface area contributed by atoms with E-state index in [9.17, 15) is 22.8 Å². The van der Waals surface area contributed by atoms with Gasteiger partial charge in [0.05, 0.1) is 6.61 Å². The van der Waals surface area contributed by atoms with E-state index >= 15 is 0 Å². The van der Waals surface area contributed by atoms with Crippen LogP contribution in [0, 0.1) is 5.82 Å². The van der Waals surface area contributed by atoms with Crippen LogP contribution in [0.25, 0.3) is 10.9 Å². The third-order valence-corrected chi connectivity index (χ3v) is 4.34. The Bertz CT molecular complexity index is 846. The van der Waals surface area contributed by atoms with Gasteiger partial charge in [-0.05, 0) is 18.4 Å². The average molecular weight is 354 g/mol. The number of nitrogens with one attached hydrogen (secondary N) is 2. The minimum absolute atomic E-state index is 0.167. The fourth-order valence-corrected chi connectivity index (χ4v) is 3.23. The second kappa shape index (κ2) is 6.78. The molecule has 25 heavy (non-hydrogen) atoms. The summed E-state index contributed by atoms with van der Waals surface area (Å²) < 4.78 is 44.1. The van der Waals surface area contributed by atoms with Gasteiger partial charge in [-0.2, -0.15) is 0 Å². The average Bonchev–Trinajstić information content (AvgIpc) is 3.19. The van der Waals surface area contributed by atoms with Gasteiger partial charge in [0.15, 0.2) is 17.3 Å². The Kier molecular flexibility index (Phi) is 4.69. The first-order valence-corrected chi connectivity index (χ1v) is 7.95. The number of aromatic nitrogens is 1. The van der Waals surface area contributed by atoms with E-state index in [4.69, 9.17) is 4.74 Å². The molecule has 0 saturated carbocycles. The predicted molar refractivity (Wildman–Crippen MR) is 84.8 cm³/mol. The van der Waals surface area contributed by atoms with Gasteiger partial charge in [0.25, 0.3) is 12.3 Å². The Morgan fingerprint density at radius 1 is 1.40 bits per heavy atom. The highest BCUT2D eigenvalue weighted by atomic mass is 19.3. The number of halogens is 3. The van der Waals surface area contributed by atoms with Crippen LogP contribution in [0.5, 0.6) is 5.75 Å². The first-order chi connectivity index (χ1) is 11.9. The van der Waals surface area contributed by atoms with Crippen molar-refractivity contribution in [3.8, 4) is 5.75 Å². The van der Waals surface area contributed by atoms with Crippen molar-refractivity contribution in [1.29, 1.82) is 0 Å². The number of aryl methyl sites for hydroxylation is 1. The second-order valence-electron chi connectivity index (χ2n) is 5.87. The van der Waals surface area contributed by atoms with Crippen LogP contribution < -0.4 is 10.1 Å². The SMILES string of the molecule is CNC(=O)c1[nH]c2cc(F)c3c(c2c1CCCC(=O)C(F)F)CCO3. The second-order valence-corrected chi connectivity index (χ2v) is 5.87. The Morgan fingerprint density at radius 3 is 2.84 bits per heavy atom. The molecule has 0 atom stereocenters. The van der Waals surface area contributed by atoms with Gasteiger partial charge in [-0.15, -0.1) is 0 Å². The van der Waals surface area contributed by atoms with Gasteiger partial charge in [0.1, 0.15) is 5.69 Å². The fraction of sp³-hybridized carbons (Fsp3) is 0.412. The van der Waals surface area contributed by atoms with Crippen LogP contribution >= 0.6 is 0 Å². The maximum atomic E-state index is 14.1. The summed E-state index contributed by atoms with van der Waals surface area (Å²) in [5.74, 6) is -1.86. The van der Waals surface area contributed by atoms with Crippen molar-refractivity contribution in [3.05, 3.63) is 28.7 Å². The van der Waals surface area contributed by atoms with Gasteiger partial charge in [0, 0.05) is 42.4 Å². The number of carbonyl (C=O) groups is 2. The van der Waals surface area contributed by atoms with Crippen molar-refractivity contribution in [2.75, 3.05) is 13.7 Å². The monoisotopic (exact) mass is 354 g/mol. The topological polar surface area (TPSA) is 71.2 Å². The molecule has 0 spiro atoms. The number of benzene rings is 1. The van der Waals surface area contributed by atoms with Gasteiger partial charge in [0.2, 0.25) is 0 Å².